The number of carbonyl (C=O) groups is 1. The number of nitro groups is 1. The van der Waals surface area contributed by atoms with Gasteiger partial charge in [-0.2, -0.15) is 5.10 Å². The van der Waals surface area contributed by atoms with Crippen molar-refractivity contribution in [2.24, 2.45) is 0 Å². The number of benzene rings is 1. The summed E-state index contributed by atoms with van der Waals surface area (Å²) < 4.78 is 6.66. The van der Waals surface area contributed by atoms with Gasteiger partial charge in [0.05, 0.1) is 11.5 Å². The van der Waals surface area contributed by atoms with E-state index in [1.807, 2.05) is 6.92 Å². The molecule has 0 radical (unpaired) electrons. The van der Waals surface area contributed by atoms with E-state index in [-0.39, 0.29) is 18.1 Å². The van der Waals surface area contributed by atoms with E-state index in [2.05, 4.69) is 10.4 Å². The number of hydrogen-bond donors (Lipinski definition) is 1. The van der Waals surface area contributed by atoms with E-state index < -0.39 is 4.92 Å². The zero-order chi connectivity index (χ0) is 17.0. The smallest absolute Gasteiger partial charge is 0.312 e. The van der Waals surface area contributed by atoms with Gasteiger partial charge in [-0.05, 0) is 45.0 Å². The number of aromatic nitrogens is 2. The topological polar surface area (TPSA) is 99.3 Å². The summed E-state index contributed by atoms with van der Waals surface area (Å²) in [6, 6.07) is 6.97. The van der Waals surface area contributed by atoms with Gasteiger partial charge in [-0.25, -0.2) is 0 Å². The van der Waals surface area contributed by atoms with Crippen LogP contribution >= 0.6 is 0 Å². The molecular formula is C15H18N4O4. The van der Waals surface area contributed by atoms with Crippen molar-refractivity contribution in [2.75, 3.05) is 11.9 Å². The number of anilines is 1. The highest BCUT2D eigenvalue weighted by Gasteiger charge is 2.22. The molecule has 0 saturated heterocycles. The molecule has 0 aliphatic carbocycles. The first kappa shape index (κ1) is 16.5. The second-order valence-electron chi connectivity index (χ2n) is 4.94. The third-order valence-corrected chi connectivity index (χ3v) is 3.27. The molecule has 0 aliphatic heterocycles. The van der Waals surface area contributed by atoms with Gasteiger partial charge in [0.2, 0.25) is 5.91 Å². The number of amides is 1. The van der Waals surface area contributed by atoms with Crippen LogP contribution in [0.2, 0.25) is 0 Å². The molecule has 0 unspecified atom stereocenters. The van der Waals surface area contributed by atoms with Gasteiger partial charge in [-0.3, -0.25) is 19.6 Å². The van der Waals surface area contributed by atoms with Crippen LogP contribution in [-0.2, 0) is 11.3 Å². The maximum absolute atomic E-state index is 12.1. The third-order valence-electron chi connectivity index (χ3n) is 3.27. The number of nitrogens with zero attached hydrogens (tertiary/aromatic N) is 3. The van der Waals surface area contributed by atoms with Crippen molar-refractivity contribution >= 4 is 17.3 Å². The normalized spacial score (nSPS) is 10.4. The maximum atomic E-state index is 12.1. The first-order valence-corrected chi connectivity index (χ1v) is 7.13. The van der Waals surface area contributed by atoms with Crippen LogP contribution in [0.15, 0.2) is 24.3 Å². The Kier molecular flexibility index (Phi) is 4.95. The molecule has 122 valence electrons. The number of hydrogen-bond acceptors (Lipinski definition) is 5. The largest absolute Gasteiger partial charge is 0.494 e. The molecule has 1 heterocycles. The lowest BCUT2D eigenvalue weighted by Crippen LogP contribution is -2.20. The first-order chi connectivity index (χ1) is 10.9. The van der Waals surface area contributed by atoms with Gasteiger partial charge in [0, 0.05) is 5.69 Å². The second kappa shape index (κ2) is 6.91. The Morgan fingerprint density at radius 3 is 2.52 bits per heavy atom. The molecular weight excluding hydrogens is 300 g/mol. The van der Waals surface area contributed by atoms with Crippen LogP contribution in [0.3, 0.4) is 0 Å². The molecule has 1 aromatic carbocycles. The minimum Gasteiger partial charge on any atom is -0.494 e. The zero-order valence-electron chi connectivity index (χ0n) is 13.2. The summed E-state index contributed by atoms with van der Waals surface area (Å²) in [5.41, 5.74) is 1.21. The second-order valence-corrected chi connectivity index (χ2v) is 4.94. The van der Waals surface area contributed by atoms with Crippen molar-refractivity contribution in [3.63, 3.8) is 0 Å². The summed E-state index contributed by atoms with van der Waals surface area (Å²) in [7, 11) is 0. The summed E-state index contributed by atoms with van der Waals surface area (Å²) >= 11 is 0. The molecule has 0 bridgehead atoms. The number of rotatable bonds is 6. The van der Waals surface area contributed by atoms with E-state index in [1.165, 1.54) is 4.68 Å². The fourth-order valence-corrected chi connectivity index (χ4v) is 2.24. The van der Waals surface area contributed by atoms with Gasteiger partial charge in [0.15, 0.2) is 0 Å². The molecule has 0 atom stereocenters. The molecule has 8 heteroatoms. The van der Waals surface area contributed by atoms with Gasteiger partial charge in [-0.1, -0.05) is 0 Å². The molecule has 0 aliphatic rings. The number of aryl methyl sites for hydroxylation is 1. The highest BCUT2D eigenvalue weighted by molar-refractivity contribution is 5.90. The molecule has 2 aromatic rings. The Balaban J connectivity index is 2.05. The third kappa shape index (κ3) is 3.85. The highest BCUT2D eigenvalue weighted by atomic mass is 16.6. The lowest BCUT2D eigenvalue weighted by Gasteiger charge is -2.08. The fourth-order valence-electron chi connectivity index (χ4n) is 2.24. The van der Waals surface area contributed by atoms with Gasteiger partial charge in [0.1, 0.15) is 23.7 Å². The average molecular weight is 318 g/mol. The van der Waals surface area contributed by atoms with E-state index in [9.17, 15) is 14.9 Å². The van der Waals surface area contributed by atoms with E-state index >= 15 is 0 Å². The average Bonchev–Trinajstić information content (AvgIpc) is 2.75. The predicted octanol–water partition coefficient (Wildman–Crippen LogP) is 2.45. The van der Waals surface area contributed by atoms with Gasteiger partial charge in [-0.15, -0.1) is 0 Å². The summed E-state index contributed by atoms with van der Waals surface area (Å²) in [5.74, 6) is 0.411. The minimum atomic E-state index is -0.488. The molecule has 2 rings (SSSR count). The maximum Gasteiger partial charge on any atom is 0.312 e. The van der Waals surface area contributed by atoms with E-state index in [0.29, 0.717) is 23.7 Å². The monoisotopic (exact) mass is 318 g/mol. The first-order valence-electron chi connectivity index (χ1n) is 7.13. The molecule has 0 saturated carbocycles. The Morgan fingerprint density at radius 2 is 2.00 bits per heavy atom. The van der Waals surface area contributed by atoms with Crippen LogP contribution in [0.25, 0.3) is 0 Å². The summed E-state index contributed by atoms with van der Waals surface area (Å²) in [6.45, 7) is 5.49. The van der Waals surface area contributed by atoms with Crippen molar-refractivity contribution in [1.29, 1.82) is 0 Å². The minimum absolute atomic E-state index is 0.0566. The zero-order valence-corrected chi connectivity index (χ0v) is 13.2. The van der Waals surface area contributed by atoms with Crippen molar-refractivity contribution < 1.29 is 14.5 Å². The van der Waals surface area contributed by atoms with Crippen LogP contribution in [0, 0.1) is 24.0 Å². The molecule has 1 N–H and O–H groups in total. The molecule has 1 amide bonds. The Hall–Kier alpha value is -2.90. The lowest BCUT2D eigenvalue weighted by atomic mass is 10.3. The predicted molar refractivity (Wildman–Crippen MR) is 84.6 cm³/mol. The quantitative estimate of drug-likeness (QED) is 0.651. The molecule has 0 spiro atoms. The summed E-state index contributed by atoms with van der Waals surface area (Å²) in [4.78, 5) is 22.5. The van der Waals surface area contributed by atoms with Crippen molar-refractivity contribution in [3.8, 4) is 5.75 Å². The number of nitrogens with one attached hydrogen (secondary N) is 1. The highest BCUT2D eigenvalue weighted by Crippen LogP contribution is 2.22. The molecule has 8 nitrogen and oxygen atoms in total. The summed E-state index contributed by atoms with van der Waals surface area (Å²) in [6.07, 6.45) is 0. The lowest BCUT2D eigenvalue weighted by molar-refractivity contribution is -0.386. The van der Waals surface area contributed by atoms with Crippen LogP contribution < -0.4 is 10.1 Å². The fraction of sp³-hybridized carbons (Fsp3) is 0.333. The van der Waals surface area contributed by atoms with Gasteiger partial charge in [0.25, 0.3) is 0 Å². The van der Waals surface area contributed by atoms with Gasteiger partial charge >= 0.3 is 5.69 Å². The molecule has 0 fully saturated rings. The molecule has 1 aromatic heterocycles. The SMILES string of the molecule is CCOc1ccc(NC(=O)Cn2nc(C)c([N+](=O)[O-])c2C)cc1. The van der Waals surface area contributed by atoms with Crippen molar-refractivity contribution in [2.45, 2.75) is 27.3 Å². The molecule has 23 heavy (non-hydrogen) atoms. The summed E-state index contributed by atoms with van der Waals surface area (Å²) in [5, 5.41) is 17.7. The van der Waals surface area contributed by atoms with Crippen molar-refractivity contribution in [1.82, 2.24) is 9.78 Å². The Bertz CT molecular complexity index is 722. The van der Waals surface area contributed by atoms with E-state index in [1.54, 1.807) is 38.1 Å². The Morgan fingerprint density at radius 1 is 1.35 bits per heavy atom. The van der Waals surface area contributed by atoms with Gasteiger partial charge < -0.3 is 10.1 Å². The van der Waals surface area contributed by atoms with E-state index in [0.717, 1.165) is 5.75 Å². The van der Waals surface area contributed by atoms with Crippen LogP contribution in [0.1, 0.15) is 18.3 Å². The number of ether oxygens (including phenoxy) is 1. The Labute approximate surface area is 133 Å². The van der Waals surface area contributed by atoms with Crippen LogP contribution in [0.4, 0.5) is 11.4 Å². The number of carbonyl (C=O) groups excluding carboxylic acids is 1. The van der Waals surface area contributed by atoms with Crippen LogP contribution in [0.5, 0.6) is 5.75 Å². The van der Waals surface area contributed by atoms with E-state index in [4.69, 9.17) is 4.74 Å². The van der Waals surface area contributed by atoms with Crippen molar-refractivity contribution in [3.05, 3.63) is 45.8 Å². The standard InChI is InChI=1S/C15H18N4O4/c1-4-23-13-7-5-12(6-8-13)16-14(20)9-18-11(3)15(19(21)22)10(2)17-18/h5-8H,4,9H2,1-3H3,(H,16,20). The van der Waals surface area contributed by atoms with Crippen LogP contribution in [-0.4, -0.2) is 27.2 Å².